The third-order valence-corrected chi connectivity index (χ3v) is 8.55. The number of hydrogen-bond donors (Lipinski definition) is 0. The summed E-state index contributed by atoms with van der Waals surface area (Å²) < 4.78 is 0. The molecule has 2 radical (unpaired) electrons. The van der Waals surface area contributed by atoms with Crippen molar-refractivity contribution < 1.29 is 0 Å². The normalized spacial score (nSPS) is 18.2. The Kier molecular flexibility index (Phi) is 2.35. The van der Waals surface area contributed by atoms with E-state index in [1.54, 1.807) is 0 Å². The summed E-state index contributed by atoms with van der Waals surface area (Å²) in [4.78, 5) is 0. The highest BCUT2D eigenvalue weighted by molar-refractivity contribution is 6.87. The van der Waals surface area contributed by atoms with E-state index in [9.17, 15) is 0 Å². The highest BCUT2D eigenvalue weighted by atomic mass is 28.3. The average molecular weight is 178 g/mol. The van der Waals surface area contributed by atoms with Gasteiger partial charge in [0.1, 0.15) is 0 Å². The molecule has 0 N–H and O–H groups in total. The van der Waals surface area contributed by atoms with Gasteiger partial charge in [-0.15, -0.1) is 0 Å². The summed E-state index contributed by atoms with van der Waals surface area (Å²) in [5, 5.41) is 1.88. The maximum Gasteiger partial charge on any atom is 0.0820 e. The smallest absolute Gasteiger partial charge is 0.0722 e. The molecule has 0 nitrogen and oxygen atoms in total. The molecule has 0 atom stereocenters. The largest absolute Gasteiger partial charge is 0.0820 e. The average Bonchev–Trinajstić information content (AvgIpc) is 2.34. The first-order valence-corrected chi connectivity index (χ1v) is 7.49. The Balaban J connectivity index is 2.86. The Hall–Kier alpha value is -0.303. The van der Waals surface area contributed by atoms with Crippen molar-refractivity contribution in [2.24, 2.45) is 0 Å². The van der Waals surface area contributed by atoms with Gasteiger partial charge < -0.3 is 0 Å². The van der Waals surface area contributed by atoms with Gasteiger partial charge in [0, 0.05) is 6.42 Å². The lowest BCUT2D eigenvalue weighted by Gasteiger charge is -2.38. The molecule has 0 aromatic heterocycles. The van der Waals surface area contributed by atoms with Crippen LogP contribution in [-0.4, -0.2) is 8.07 Å². The van der Waals surface area contributed by atoms with E-state index in [0.29, 0.717) is 5.04 Å². The fourth-order valence-corrected chi connectivity index (χ4v) is 2.89. The molecule has 0 saturated carbocycles. The molecule has 0 amide bonds. The van der Waals surface area contributed by atoms with Gasteiger partial charge in [0.05, 0.1) is 8.07 Å². The van der Waals surface area contributed by atoms with Crippen LogP contribution in [0.4, 0.5) is 0 Å². The quantitative estimate of drug-likeness (QED) is 0.538. The molecule has 1 heteroatoms. The van der Waals surface area contributed by atoms with Crippen molar-refractivity contribution in [3.63, 3.8) is 0 Å². The third kappa shape index (κ3) is 1.56. The second-order valence-electron chi connectivity index (χ2n) is 4.96. The monoisotopic (exact) mass is 178 g/mol. The van der Waals surface area contributed by atoms with Crippen LogP contribution in [0.5, 0.6) is 0 Å². The molecule has 1 rings (SSSR count). The van der Waals surface area contributed by atoms with Crippen molar-refractivity contribution in [1.29, 1.82) is 0 Å². The first-order valence-electron chi connectivity index (χ1n) is 4.49. The van der Waals surface area contributed by atoms with Crippen LogP contribution in [-0.2, 0) is 0 Å². The van der Waals surface area contributed by atoms with E-state index in [1.165, 1.54) is 5.20 Å². The molecule has 0 aliphatic heterocycles. The minimum atomic E-state index is -1.28. The first kappa shape index (κ1) is 9.78. The molecule has 0 heterocycles. The van der Waals surface area contributed by atoms with E-state index in [4.69, 9.17) is 0 Å². The van der Waals surface area contributed by atoms with E-state index >= 15 is 0 Å². The summed E-state index contributed by atoms with van der Waals surface area (Å²) in [6.07, 6.45) is 9.68. The van der Waals surface area contributed by atoms with Gasteiger partial charge in [-0.2, -0.15) is 0 Å². The minimum absolute atomic E-state index is 0.428. The summed E-state index contributed by atoms with van der Waals surface area (Å²) in [5.41, 5.74) is 0. The zero-order valence-electron chi connectivity index (χ0n) is 8.73. The summed E-state index contributed by atoms with van der Waals surface area (Å²) in [5.74, 6) is 0. The topological polar surface area (TPSA) is 0 Å². The van der Waals surface area contributed by atoms with E-state index < -0.39 is 8.07 Å². The third-order valence-electron chi connectivity index (χ3n) is 3.15. The molecular weight excluding hydrogens is 160 g/mol. The molecule has 0 saturated heterocycles. The maximum absolute atomic E-state index is 3.35. The van der Waals surface area contributed by atoms with Crippen molar-refractivity contribution in [3.8, 4) is 0 Å². The number of rotatable bonds is 1. The molecule has 1 aliphatic rings. The molecule has 0 aromatic rings. The molecule has 0 bridgehead atoms. The fraction of sp³-hybridized carbons (Fsp3) is 0.545. The molecule has 0 fully saturated rings. The molecule has 0 unspecified atom stereocenters. The lowest BCUT2D eigenvalue weighted by molar-refractivity contribution is 0.726. The lowest BCUT2D eigenvalue weighted by Crippen LogP contribution is -2.39. The predicted molar refractivity (Wildman–Crippen MR) is 57.7 cm³/mol. The van der Waals surface area contributed by atoms with E-state index in [2.05, 4.69) is 52.4 Å². The Labute approximate surface area is 77.4 Å². The van der Waals surface area contributed by atoms with Crippen LogP contribution < -0.4 is 0 Å². The van der Waals surface area contributed by atoms with E-state index in [0.717, 1.165) is 0 Å². The van der Waals surface area contributed by atoms with Gasteiger partial charge in [0.15, 0.2) is 0 Å². The maximum atomic E-state index is 3.35. The summed E-state index contributed by atoms with van der Waals surface area (Å²) in [6.45, 7) is 11.8. The predicted octanol–water partition coefficient (Wildman–Crippen LogP) is 3.61. The highest BCUT2D eigenvalue weighted by Crippen LogP contribution is 2.42. The van der Waals surface area contributed by atoms with E-state index in [1.807, 2.05) is 6.08 Å². The molecule has 66 valence electrons. The standard InChI is InChI=1S/C11H18Si/c1-11(2,3)12(4,5)10-8-6-7-9-10/h6-8H,1-5H3. The molecule has 0 spiro atoms. The number of hydrogen-bond acceptors (Lipinski definition) is 0. The Morgan fingerprint density at radius 3 is 2.17 bits per heavy atom. The second-order valence-corrected chi connectivity index (χ2v) is 10.2. The van der Waals surface area contributed by atoms with Crippen molar-refractivity contribution >= 4 is 8.07 Å². The summed E-state index contributed by atoms with van der Waals surface area (Å²) in [6, 6.07) is 0. The molecule has 12 heavy (non-hydrogen) atoms. The summed E-state index contributed by atoms with van der Waals surface area (Å²) in [7, 11) is -1.28. The molecule has 1 aliphatic carbocycles. The SMILES string of the molecule is CC(C)(C)[Si](C)(C)C1=CC=C[C]1. The van der Waals surface area contributed by atoms with Crippen molar-refractivity contribution in [1.82, 2.24) is 0 Å². The van der Waals surface area contributed by atoms with Crippen LogP contribution in [0.2, 0.25) is 18.1 Å². The van der Waals surface area contributed by atoms with Crippen molar-refractivity contribution in [2.45, 2.75) is 38.9 Å². The van der Waals surface area contributed by atoms with Gasteiger partial charge in [-0.3, -0.25) is 0 Å². The van der Waals surface area contributed by atoms with Gasteiger partial charge >= 0.3 is 0 Å². The fourth-order valence-electron chi connectivity index (χ4n) is 1.12. The van der Waals surface area contributed by atoms with Gasteiger partial charge in [-0.25, -0.2) is 0 Å². The number of allylic oxidation sites excluding steroid dienone is 4. The van der Waals surface area contributed by atoms with Gasteiger partial charge in [-0.05, 0) is 5.04 Å². The van der Waals surface area contributed by atoms with Crippen molar-refractivity contribution in [3.05, 3.63) is 29.8 Å². The lowest BCUT2D eigenvalue weighted by atomic mass is 10.2. The zero-order valence-corrected chi connectivity index (χ0v) is 9.73. The molecule has 0 aromatic carbocycles. The minimum Gasteiger partial charge on any atom is -0.0722 e. The van der Waals surface area contributed by atoms with Gasteiger partial charge in [0.2, 0.25) is 0 Å². The molecular formula is C11H18Si. The summed E-state index contributed by atoms with van der Waals surface area (Å²) >= 11 is 0. The van der Waals surface area contributed by atoms with Crippen LogP contribution in [0.1, 0.15) is 20.8 Å². The highest BCUT2D eigenvalue weighted by Gasteiger charge is 2.38. The van der Waals surface area contributed by atoms with E-state index in [-0.39, 0.29) is 0 Å². The van der Waals surface area contributed by atoms with Crippen LogP contribution in [0.25, 0.3) is 0 Å². The first-order chi connectivity index (χ1) is 5.36. The zero-order chi connectivity index (χ0) is 9.41. The van der Waals surface area contributed by atoms with Crippen LogP contribution in [0.3, 0.4) is 0 Å². The van der Waals surface area contributed by atoms with Gasteiger partial charge in [-0.1, -0.05) is 57.3 Å². The van der Waals surface area contributed by atoms with Gasteiger partial charge in [0.25, 0.3) is 0 Å². The second kappa shape index (κ2) is 2.88. The van der Waals surface area contributed by atoms with Crippen molar-refractivity contribution in [2.75, 3.05) is 0 Å². The van der Waals surface area contributed by atoms with Crippen LogP contribution in [0, 0.1) is 6.42 Å². The Morgan fingerprint density at radius 1 is 1.25 bits per heavy atom. The van der Waals surface area contributed by atoms with Crippen LogP contribution >= 0.6 is 0 Å². The van der Waals surface area contributed by atoms with Crippen LogP contribution in [0.15, 0.2) is 23.4 Å². The Morgan fingerprint density at radius 2 is 1.83 bits per heavy atom. The Bertz CT molecular complexity index is 226.